The molecule has 3 N–H and O–H groups in total. The summed E-state index contributed by atoms with van der Waals surface area (Å²) < 4.78 is 13.5. The molecule has 112 valence electrons. The molecule has 1 amide bonds. The summed E-state index contributed by atoms with van der Waals surface area (Å²) in [5.41, 5.74) is 5.91. The van der Waals surface area contributed by atoms with Gasteiger partial charge in [-0.15, -0.1) is 0 Å². The monoisotopic (exact) mass is 308 g/mol. The van der Waals surface area contributed by atoms with Gasteiger partial charge in [-0.25, -0.2) is 9.37 Å². The van der Waals surface area contributed by atoms with Gasteiger partial charge in [0.05, 0.1) is 5.69 Å². The molecule has 0 saturated heterocycles. The van der Waals surface area contributed by atoms with Gasteiger partial charge in [0.25, 0.3) is 5.91 Å². The Hall–Kier alpha value is -2.15. The highest BCUT2D eigenvalue weighted by Gasteiger charge is 2.18. The molecule has 21 heavy (non-hydrogen) atoms. The van der Waals surface area contributed by atoms with Crippen LogP contribution in [0.3, 0.4) is 0 Å². The van der Waals surface area contributed by atoms with Crippen molar-refractivity contribution in [3.05, 3.63) is 35.0 Å². The second-order valence-electron chi connectivity index (χ2n) is 4.57. The number of amides is 1. The fourth-order valence-corrected chi connectivity index (χ4v) is 2.69. The molecule has 1 heterocycles. The predicted octanol–water partition coefficient (Wildman–Crippen LogP) is 2.96. The van der Waals surface area contributed by atoms with Crippen molar-refractivity contribution in [2.24, 2.45) is 0 Å². The van der Waals surface area contributed by atoms with Crippen molar-refractivity contribution in [1.29, 1.82) is 0 Å². The van der Waals surface area contributed by atoms with Gasteiger partial charge in [-0.1, -0.05) is 30.4 Å². The van der Waals surface area contributed by atoms with Crippen LogP contribution in [0.4, 0.5) is 21.0 Å². The van der Waals surface area contributed by atoms with Crippen molar-refractivity contribution in [1.82, 2.24) is 4.98 Å². The number of benzene rings is 1. The molecule has 2 rings (SSSR count). The lowest BCUT2D eigenvalue weighted by Gasteiger charge is -2.13. The van der Waals surface area contributed by atoms with E-state index in [0.717, 1.165) is 13.0 Å². The Labute approximate surface area is 126 Å². The van der Waals surface area contributed by atoms with Gasteiger partial charge in [0.15, 0.2) is 5.13 Å². The largest absolute Gasteiger partial charge is 0.382 e. The first-order valence-corrected chi connectivity index (χ1v) is 7.38. The fraction of sp³-hybridized carbons (Fsp3) is 0.286. The number of halogens is 1. The molecule has 1 aromatic heterocycles. The third-order valence-corrected chi connectivity index (χ3v) is 4.04. The third-order valence-electron chi connectivity index (χ3n) is 2.86. The third kappa shape index (κ3) is 3.49. The van der Waals surface area contributed by atoms with Crippen LogP contribution in [0.1, 0.15) is 23.0 Å². The number of nitrogens with zero attached hydrogens (tertiary/aromatic N) is 2. The maximum Gasteiger partial charge on any atom is 0.269 e. The smallest absolute Gasteiger partial charge is 0.269 e. The summed E-state index contributed by atoms with van der Waals surface area (Å²) in [6.45, 7) is 2.88. The highest BCUT2D eigenvalue weighted by atomic mass is 32.1. The predicted molar refractivity (Wildman–Crippen MR) is 84.4 cm³/mol. The minimum absolute atomic E-state index is 0.124. The molecule has 0 aliphatic heterocycles. The van der Waals surface area contributed by atoms with E-state index < -0.39 is 11.7 Å². The van der Waals surface area contributed by atoms with Crippen molar-refractivity contribution < 1.29 is 9.18 Å². The second-order valence-corrected chi connectivity index (χ2v) is 5.54. The van der Waals surface area contributed by atoms with Gasteiger partial charge >= 0.3 is 0 Å². The number of para-hydroxylation sites is 1. The molecular formula is C14H17FN4OS. The van der Waals surface area contributed by atoms with E-state index in [1.165, 1.54) is 23.5 Å². The zero-order valence-electron chi connectivity index (χ0n) is 11.9. The summed E-state index contributed by atoms with van der Waals surface area (Å²) in [4.78, 5) is 18.6. The Morgan fingerprint density at radius 2 is 2.19 bits per heavy atom. The lowest BCUT2D eigenvalue weighted by Crippen LogP contribution is -2.17. The Kier molecular flexibility index (Phi) is 4.74. The molecule has 1 aromatic carbocycles. The summed E-state index contributed by atoms with van der Waals surface area (Å²) >= 11 is 1.20. The van der Waals surface area contributed by atoms with Crippen molar-refractivity contribution in [2.45, 2.75) is 13.3 Å². The summed E-state index contributed by atoms with van der Waals surface area (Å²) in [7, 11) is 1.89. The topological polar surface area (TPSA) is 71.2 Å². The number of carbonyl (C=O) groups excluding carboxylic acids is 1. The first-order valence-electron chi connectivity index (χ1n) is 6.56. The van der Waals surface area contributed by atoms with Gasteiger partial charge in [0.2, 0.25) is 0 Å². The lowest BCUT2D eigenvalue weighted by molar-refractivity contribution is 0.103. The minimum Gasteiger partial charge on any atom is -0.382 e. The summed E-state index contributed by atoms with van der Waals surface area (Å²) in [6, 6.07) is 5.99. The van der Waals surface area contributed by atoms with Gasteiger partial charge in [-0.3, -0.25) is 4.79 Å². The minimum atomic E-state index is -0.489. The molecule has 7 heteroatoms. The van der Waals surface area contributed by atoms with E-state index in [-0.39, 0.29) is 16.4 Å². The number of hydrogen-bond donors (Lipinski definition) is 2. The highest BCUT2D eigenvalue weighted by Crippen LogP contribution is 2.28. The van der Waals surface area contributed by atoms with Crippen molar-refractivity contribution in [3.8, 4) is 0 Å². The van der Waals surface area contributed by atoms with Crippen LogP contribution in [0.15, 0.2) is 24.3 Å². The molecule has 0 aliphatic rings. The molecule has 2 aromatic rings. The van der Waals surface area contributed by atoms with Crippen LogP contribution in [0.5, 0.6) is 0 Å². The van der Waals surface area contributed by atoms with E-state index in [4.69, 9.17) is 5.73 Å². The molecule has 0 radical (unpaired) electrons. The summed E-state index contributed by atoms with van der Waals surface area (Å²) in [5, 5.41) is 3.18. The van der Waals surface area contributed by atoms with Gasteiger partial charge in [0.1, 0.15) is 16.5 Å². The molecule has 0 saturated carbocycles. The van der Waals surface area contributed by atoms with Crippen LogP contribution in [0.2, 0.25) is 0 Å². The number of hydrogen-bond acceptors (Lipinski definition) is 5. The number of rotatable bonds is 5. The fourth-order valence-electron chi connectivity index (χ4n) is 1.82. The Morgan fingerprint density at radius 1 is 1.48 bits per heavy atom. The van der Waals surface area contributed by atoms with Crippen LogP contribution < -0.4 is 16.0 Å². The average molecular weight is 308 g/mol. The van der Waals surface area contributed by atoms with E-state index in [9.17, 15) is 9.18 Å². The number of thiazole rings is 1. The first-order chi connectivity index (χ1) is 10.0. The zero-order chi connectivity index (χ0) is 15.4. The standard InChI is InChI=1S/C14H17FN4OS/c1-3-8-19(2)14-18-12(16)11(21-14)13(20)17-10-7-5-4-6-9(10)15/h4-7H,3,8,16H2,1-2H3,(H,17,20). The van der Waals surface area contributed by atoms with Crippen molar-refractivity contribution in [2.75, 3.05) is 29.5 Å². The van der Waals surface area contributed by atoms with Gasteiger partial charge in [0, 0.05) is 13.6 Å². The molecule has 0 spiro atoms. The van der Waals surface area contributed by atoms with Gasteiger partial charge in [-0.05, 0) is 18.6 Å². The number of anilines is 3. The molecule has 0 unspecified atom stereocenters. The van der Waals surface area contributed by atoms with Crippen LogP contribution in [0.25, 0.3) is 0 Å². The van der Waals surface area contributed by atoms with E-state index in [2.05, 4.69) is 17.2 Å². The maximum atomic E-state index is 13.5. The first kappa shape index (κ1) is 15.2. The number of nitrogen functional groups attached to an aromatic ring is 1. The molecule has 0 aliphatic carbocycles. The Balaban J connectivity index is 2.18. The van der Waals surface area contributed by atoms with Crippen LogP contribution in [0, 0.1) is 5.82 Å². The van der Waals surface area contributed by atoms with Crippen LogP contribution in [-0.2, 0) is 0 Å². The Bertz CT molecular complexity index is 644. The van der Waals surface area contributed by atoms with Crippen LogP contribution >= 0.6 is 11.3 Å². The highest BCUT2D eigenvalue weighted by molar-refractivity contribution is 7.18. The zero-order valence-corrected chi connectivity index (χ0v) is 12.7. The average Bonchev–Trinajstić information content (AvgIpc) is 2.84. The number of nitrogens with two attached hydrogens (primary N) is 1. The van der Waals surface area contributed by atoms with Crippen molar-refractivity contribution >= 4 is 33.9 Å². The second kappa shape index (κ2) is 6.53. The van der Waals surface area contributed by atoms with E-state index in [1.807, 2.05) is 11.9 Å². The SMILES string of the molecule is CCCN(C)c1nc(N)c(C(=O)Nc2ccccc2F)s1. The summed E-state index contributed by atoms with van der Waals surface area (Å²) in [5.74, 6) is -0.782. The van der Waals surface area contributed by atoms with Gasteiger partial charge in [-0.2, -0.15) is 0 Å². The normalized spacial score (nSPS) is 10.4. The Morgan fingerprint density at radius 3 is 2.86 bits per heavy atom. The summed E-state index contributed by atoms with van der Waals surface area (Å²) in [6.07, 6.45) is 0.965. The van der Waals surface area contributed by atoms with E-state index >= 15 is 0 Å². The molecule has 0 atom stereocenters. The van der Waals surface area contributed by atoms with Gasteiger partial charge < -0.3 is 16.0 Å². The molecule has 5 nitrogen and oxygen atoms in total. The van der Waals surface area contributed by atoms with Crippen LogP contribution in [-0.4, -0.2) is 24.5 Å². The molecular weight excluding hydrogens is 291 g/mol. The lowest BCUT2D eigenvalue weighted by atomic mass is 10.3. The number of carbonyl (C=O) groups is 1. The number of aromatic nitrogens is 1. The van der Waals surface area contributed by atoms with E-state index in [0.29, 0.717) is 5.13 Å². The quantitative estimate of drug-likeness (QED) is 0.891. The van der Waals surface area contributed by atoms with E-state index in [1.54, 1.807) is 12.1 Å². The molecule has 0 bridgehead atoms. The van der Waals surface area contributed by atoms with Crippen molar-refractivity contribution in [3.63, 3.8) is 0 Å². The maximum absolute atomic E-state index is 13.5. The molecule has 0 fully saturated rings. The number of nitrogens with one attached hydrogen (secondary N) is 1.